The highest BCUT2D eigenvalue weighted by Crippen LogP contribution is 2.24. The van der Waals surface area contributed by atoms with Crippen molar-refractivity contribution in [1.29, 1.82) is 0 Å². The number of carbonyl (C=O) groups excluding carboxylic acids is 2. The van der Waals surface area contributed by atoms with Crippen LogP contribution in [0, 0.1) is 0 Å². The second kappa shape index (κ2) is 9.34. The van der Waals surface area contributed by atoms with Crippen LogP contribution < -0.4 is 15.4 Å². The maximum Gasteiger partial charge on any atom is 0.273 e. The lowest BCUT2D eigenvalue weighted by Crippen LogP contribution is -2.46. The molecule has 7 nitrogen and oxygen atoms in total. The second-order valence-corrected chi connectivity index (χ2v) is 7.44. The number of benzene rings is 3. The van der Waals surface area contributed by atoms with Crippen molar-refractivity contribution in [1.82, 2.24) is 20.8 Å². The molecule has 0 radical (unpaired) electrons. The first-order chi connectivity index (χ1) is 15.6. The number of fused-ring (bicyclic) bond motifs is 1. The van der Waals surface area contributed by atoms with Crippen LogP contribution in [0.3, 0.4) is 0 Å². The van der Waals surface area contributed by atoms with Crippen LogP contribution in [0.25, 0.3) is 10.9 Å². The molecular formula is C25H24N4O3. The molecule has 162 valence electrons. The molecule has 0 saturated carbocycles. The number of rotatable bonds is 7. The van der Waals surface area contributed by atoms with E-state index in [0.717, 1.165) is 22.4 Å². The molecule has 3 aromatic carbocycles. The fraction of sp³-hybridized carbons (Fsp3) is 0.160. The van der Waals surface area contributed by atoms with Crippen LogP contribution in [0.15, 0.2) is 78.9 Å². The smallest absolute Gasteiger partial charge is 0.273 e. The quantitative estimate of drug-likeness (QED) is 0.419. The zero-order valence-corrected chi connectivity index (χ0v) is 17.8. The molecule has 4 rings (SSSR count). The highest BCUT2D eigenvalue weighted by molar-refractivity contribution is 6.05. The third-order valence-corrected chi connectivity index (χ3v) is 5.29. The monoisotopic (exact) mass is 428 g/mol. The molecule has 2 atom stereocenters. The third-order valence-electron chi connectivity index (χ3n) is 5.29. The number of aromatic nitrogens is 2. The number of aromatic amines is 1. The summed E-state index contributed by atoms with van der Waals surface area (Å²) >= 11 is 0. The molecule has 1 aromatic heterocycles. The van der Waals surface area contributed by atoms with Crippen molar-refractivity contribution in [3.8, 4) is 5.75 Å². The predicted octanol–water partition coefficient (Wildman–Crippen LogP) is 3.60. The van der Waals surface area contributed by atoms with E-state index in [-0.39, 0.29) is 17.6 Å². The van der Waals surface area contributed by atoms with Gasteiger partial charge in [-0.25, -0.2) is 0 Å². The van der Waals surface area contributed by atoms with Gasteiger partial charge in [0.15, 0.2) is 5.69 Å². The second-order valence-electron chi connectivity index (χ2n) is 7.44. The predicted molar refractivity (Wildman–Crippen MR) is 122 cm³/mol. The lowest BCUT2D eigenvalue weighted by atomic mass is 9.98. The summed E-state index contributed by atoms with van der Waals surface area (Å²) in [5, 5.41) is 13.4. The number of hydrogen-bond acceptors (Lipinski definition) is 4. The van der Waals surface area contributed by atoms with Crippen LogP contribution in [0.4, 0.5) is 0 Å². The Morgan fingerprint density at radius 3 is 2.25 bits per heavy atom. The number of nitrogens with one attached hydrogen (secondary N) is 3. The van der Waals surface area contributed by atoms with E-state index in [1.807, 2.05) is 78.9 Å². The van der Waals surface area contributed by atoms with Gasteiger partial charge in [-0.15, -0.1) is 0 Å². The maximum absolute atomic E-state index is 13.0. The number of carbonyl (C=O) groups is 2. The SMILES string of the molecule is COc1ccc([C@H](NC(=O)[C@H](C)NC(=O)c2n[nH]c3ccccc23)c2ccccc2)cc1. The van der Waals surface area contributed by atoms with Crippen LogP contribution in [-0.4, -0.2) is 35.2 Å². The van der Waals surface area contributed by atoms with Gasteiger partial charge in [-0.05, 0) is 36.2 Å². The maximum atomic E-state index is 13.0. The Morgan fingerprint density at radius 1 is 0.875 bits per heavy atom. The van der Waals surface area contributed by atoms with E-state index < -0.39 is 11.9 Å². The standard InChI is InChI=1S/C25H24N4O3/c1-16(26-25(31)23-20-10-6-7-11-21(20)28-29-23)24(30)27-22(17-8-4-3-5-9-17)18-12-14-19(32-2)15-13-18/h3-16,22H,1-2H3,(H,26,31)(H,27,30)(H,28,29)/t16-,22+/m0/s1. The Hall–Kier alpha value is -4.13. The average molecular weight is 428 g/mol. The molecule has 0 fully saturated rings. The van der Waals surface area contributed by atoms with E-state index in [9.17, 15) is 9.59 Å². The minimum Gasteiger partial charge on any atom is -0.497 e. The van der Waals surface area contributed by atoms with Crippen molar-refractivity contribution in [3.05, 3.63) is 95.7 Å². The number of hydrogen-bond donors (Lipinski definition) is 3. The normalized spacial score (nSPS) is 12.7. The van der Waals surface area contributed by atoms with Gasteiger partial charge >= 0.3 is 0 Å². The number of H-pyrrole nitrogens is 1. The highest BCUT2D eigenvalue weighted by Gasteiger charge is 2.23. The Kier molecular flexibility index (Phi) is 6.17. The van der Waals surface area contributed by atoms with Crippen LogP contribution in [-0.2, 0) is 4.79 Å². The molecule has 3 N–H and O–H groups in total. The molecule has 0 aliphatic carbocycles. The van der Waals surface area contributed by atoms with Crippen molar-refractivity contribution < 1.29 is 14.3 Å². The summed E-state index contributed by atoms with van der Waals surface area (Å²) in [7, 11) is 1.61. The van der Waals surface area contributed by atoms with E-state index in [1.54, 1.807) is 14.0 Å². The topological polar surface area (TPSA) is 96.1 Å². The Balaban J connectivity index is 1.51. The molecule has 4 aromatic rings. The number of ether oxygens (including phenoxy) is 1. The molecule has 0 aliphatic heterocycles. The summed E-state index contributed by atoms with van der Waals surface area (Å²) in [4.78, 5) is 25.8. The van der Waals surface area contributed by atoms with Gasteiger partial charge in [0.25, 0.3) is 5.91 Å². The number of amides is 2. The van der Waals surface area contributed by atoms with Gasteiger partial charge in [0.2, 0.25) is 5.91 Å². The summed E-state index contributed by atoms with van der Waals surface area (Å²) < 4.78 is 5.24. The summed E-state index contributed by atoms with van der Waals surface area (Å²) in [5.74, 6) is 0.0208. The van der Waals surface area contributed by atoms with Crippen molar-refractivity contribution in [2.24, 2.45) is 0 Å². The average Bonchev–Trinajstić information content (AvgIpc) is 3.27. The zero-order valence-electron chi connectivity index (χ0n) is 17.8. The van der Waals surface area contributed by atoms with E-state index >= 15 is 0 Å². The van der Waals surface area contributed by atoms with Crippen LogP contribution in [0.1, 0.15) is 34.6 Å². The molecular weight excluding hydrogens is 404 g/mol. The van der Waals surface area contributed by atoms with Gasteiger partial charge in [-0.2, -0.15) is 5.10 Å². The third kappa shape index (κ3) is 4.46. The van der Waals surface area contributed by atoms with E-state index in [0.29, 0.717) is 5.39 Å². The van der Waals surface area contributed by atoms with Crippen molar-refractivity contribution in [2.75, 3.05) is 7.11 Å². The first-order valence-corrected chi connectivity index (χ1v) is 10.3. The van der Waals surface area contributed by atoms with Gasteiger partial charge in [-0.1, -0.05) is 60.7 Å². The summed E-state index contributed by atoms with van der Waals surface area (Å²) in [6.07, 6.45) is 0. The molecule has 0 aliphatic rings. The van der Waals surface area contributed by atoms with Gasteiger partial charge in [0, 0.05) is 5.39 Å². The number of methoxy groups -OCH3 is 1. The summed E-state index contributed by atoms with van der Waals surface area (Å²) in [6, 6.07) is 23.4. The van der Waals surface area contributed by atoms with Crippen LogP contribution in [0.2, 0.25) is 0 Å². The molecule has 32 heavy (non-hydrogen) atoms. The molecule has 7 heteroatoms. The fourth-order valence-electron chi connectivity index (χ4n) is 3.54. The molecule has 0 saturated heterocycles. The molecule has 0 spiro atoms. The first kappa shape index (κ1) is 21.1. The molecule has 2 amide bonds. The van der Waals surface area contributed by atoms with Gasteiger partial charge in [0.05, 0.1) is 18.7 Å². The Labute approximate surface area is 185 Å². The first-order valence-electron chi connectivity index (χ1n) is 10.3. The van der Waals surface area contributed by atoms with Gasteiger partial charge < -0.3 is 15.4 Å². The van der Waals surface area contributed by atoms with Crippen molar-refractivity contribution in [2.45, 2.75) is 19.0 Å². The Bertz CT molecular complexity index is 1220. The summed E-state index contributed by atoms with van der Waals surface area (Å²) in [5.41, 5.74) is 2.86. The minimum absolute atomic E-state index is 0.259. The van der Waals surface area contributed by atoms with Crippen molar-refractivity contribution >= 4 is 22.7 Å². The van der Waals surface area contributed by atoms with E-state index in [2.05, 4.69) is 20.8 Å². The Morgan fingerprint density at radius 2 is 1.53 bits per heavy atom. The zero-order chi connectivity index (χ0) is 22.5. The molecule has 0 unspecified atom stereocenters. The summed E-state index contributed by atoms with van der Waals surface area (Å²) in [6.45, 7) is 1.65. The van der Waals surface area contributed by atoms with Crippen LogP contribution in [0.5, 0.6) is 5.75 Å². The highest BCUT2D eigenvalue weighted by atomic mass is 16.5. The van der Waals surface area contributed by atoms with Crippen molar-refractivity contribution in [3.63, 3.8) is 0 Å². The fourth-order valence-corrected chi connectivity index (χ4v) is 3.54. The minimum atomic E-state index is -0.762. The lowest BCUT2D eigenvalue weighted by molar-refractivity contribution is -0.123. The number of para-hydroxylation sites is 1. The van der Waals surface area contributed by atoms with Crippen LogP contribution >= 0.6 is 0 Å². The lowest BCUT2D eigenvalue weighted by Gasteiger charge is -2.22. The van der Waals surface area contributed by atoms with Gasteiger partial charge in [-0.3, -0.25) is 14.7 Å². The molecule has 1 heterocycles. The largest absolute Gasteiger partial charge is 0.497 e. The van der Waals surface area contributed by atoms with E-state index in [1.165, 1.54) is 0 Å². The van der Waals surface area contributed by atoms with E-state index in [4.69, 9.17) is 4.74 Å². The molecule has 0 bridgehead atoms. The van der Waals surface area contributed by atoms with Gasteiger partial charge in [0.1, 0.15) is 11.8 Å². The number of nitrogens with zero attached hydrogens (tertiary/aromatic N) is 1.